The molecule has 6 heavy (non-hydrogen) atoms. The molecule has 0 saturated carbocycles. The summed E-state index contributed by atoms with van der Waals surface area (Å²) in [6, 6.07) is 0. The Hall–Kier alpha value is 1.51. The smallest absolute Gasteiger partial charge is 0.147 e. The molecule has 0 radical (unpaired) electrons. The Morgan fingerprint density at radius 3 is 1.17 bits per heavy atom. The highest BCUT2D eigenvalue weighted by Gasteiger charge is 2.08. The molecular weight excluding hydrogens is 186 g/mol. The Morgan fingerprint density at radius 2 is 1.17 bits per heavy atom. The summed E-state index contributed by atoms with van der Waals surface area (Å²) in [7, 11) is 0. The minimum absolute atomic E-state index is 0. The van der Waals surface area contributed by atoms with Crippen molar-refractivity contribution in [1.82, 2.24) is 0 Å². The van der Waals surface area contributed by atoms with Crippen molar-refractivity contribution in [3.63, 3.8) is 0 Å². The molecule has 0 nitrogen and oxygen atoms in total. The average molecular weight is 188 g/mol. The quantitative estimate of drug-likeness (QED) is 0.438. The maximum absolute atomic E-state index is 4.93. The third-order valence-electron chi connectivity index (χ3n) is 0. The van der Waals surface area contributed by atoms with Gasteiger partial charge in [0.2, 0.25) is 3.12 Å². The molecule has 0 fully saturated rings. The van der Waals surface area contributed by atoms with Crippen molar-refractivity contribution in [2.24, 2.45) is 0 Å². The standard InChI is InChI=1S/CHCl3S.ClH/c2-1(3,4)5;/h5H;1H. The molecule has 40 valence electrons. The fourth-order valence-electron chi connectivity index (χ4n) is 0. The van der Waals surface area contributed by atoms with Crippen LogP contribution in [0.25, 0.3) is 0 Å². The van der Waals surface area contributed by atoms with Crippen LogP contribution in [-0.2, 0) is 0 Å². The Bertz CT molecular complexity index is 23.0. The van der Waals surface area contributed by atoms with Crippen LogP contribution in [0.1, 0.15) is 0 Å². The van der Waals surface area contributed by atoms with Gasteiger partial charge in [0, 0.05) is 0 Å². The lowest BCUT2D eigenvalue weighted by atomic mass is 11.8. The maximum Gasteiger partial charge on any atom is 0.234 e. The first-order valence-corrected chi connectivity index (χ1v) is 2.37. The number of thiol groups is 1. The molecule has 0 aliphatic heterocycles. The average Bonchev–Trinajstić information content (AvgIpc) is 0.722. The monoisotopic (exact) mass is 186 g/mol. The first kappa shape index (κ1) is 10.5. The first-order chi connectivity index (χ1) is 2.00. The predicted octanol–water partition coefficient (Wildman–Crippen LogP) is 2.67. The molecule has 0 rings (SSSR count). The van der Waals surface area contributed by atoms with Crippen LogP contribution in [0.4, 0.5) is 0 Å². The van der Waals surface area contributed by atoms with E-state index in [1.165, 1.54) is 0 Å². The molecule has 5 heteroatoms. The second-order valence-electron chi connectivity index (χ2n) is 0.468. The number of halogens is 4. The van der Waals surface area contributed by atoms with Gasteiger partial charge in [0.05, 0.1) is 0 Å². The Morgan fingerprint density at radius 1 is 1.17 bits per heavy atom. The van der Waals surface area contributed by atoms with Crippen LogP contribution in [0.5, 0.6) is 0 Å². The fourth-order valence-corrected chi connectivity index (χ4v) is 0. The summed E-state index contributed by atoms with van der Waals surface area (Å²) in [4.78, 5) is 0. The van der Waals surface area contributed by atoms with Gasteiger partial charge in [-0.2, -0.15) is 0 Å². The van der Waals surface area contributed by atoms with Crippen LogP contribution in [0.3, 0.4) is 0 Å². The first-order valence-electron chi connectivity index (χ1n) is 0.791. The molecule has 0 aliphatic carbocycles. The van der Waals surface area contributed by atoms with E-state index in [1.54, 1.807) is 0 Å². The number of alkyl halides is 3. The summed E-state index contributed by atoms with van der Waals surface area (Å²) in [5, 5.41) is 0. The lowest BCUT2D eigenvalue weighted by Gasteiger charge is -1.93. The molecule has 0 amide bonds. The van der Waals surface area contributed by atoms with Gasteiger partial charge in [-0.1, -0.05) is 34.8 Å². The minimum atomic E-state index is -1.39. The van der Waals surface area contributed by atoms with E-state index < -0.39 is 3.12 Å². The van der Waals surface area contributed by atoms with Crippen LogP contribution in [0.2, 0.25) is 0 Å². The van der Waals surface area contributed by atoms with Crippen LogP contribution in [-0.4, -0.2) is 3.12 Å². The van der Waals surface area contributed by atoms with Gasteiger partial charge >= 0.3 is 0 Å². The van der Waals surface area contributed by atoms with Crippen LogP contribution >= 0.6 is 59.8 Å². The van der Waals surface area contributed by atoms with Crippen LogP contribution in [0, 0.1) is 0 Å². The van der Waals surface area contributed by atoms with Gasteiger partial charge in [-0.05, 0) is 0 Å². The van der Waals surface area contributed by atoms with Gasteiger partial charge in [-0.3, -0.25) is 0 Å². The fraction of sp³-hybridized carbons (Fsp3) is 1.00. The van der Waals surface area contributed by atoms with Crippen molar-refractivity contribution in [2.45, 2.75) is 3.12 Å². The van der Waals surface area contributed by atoms with Crippen molar-refractivity contribution in [1.29, 1.82) is 0 Å². The van der Waals surface area contributed by atoms with Gasteiger partial charge in [-0.25, -0.2) is 0 Å². The molecule has 0 spiro atoms. The summed E-state index contributed by atoms with van der Waals surface area (Å²) in [6.07, 6.45) is 0. The second kappa shape index (κ2) is 3.50. The molecule has 0 bridgehead atoms. The third-order valence-corrected chi connectivity index (χ3v) is 0. The highest BCUT2D eigenvalue weighted by molar-refractivity contribution is 7.87. The number of hydrogen-bond donors (Lipinski definition) is 1. The Labute approximate surface area is 63.0 Å². The highest BCUT2D eigenvalue weighted by Crippen LogP contribution is 2.29. The molecule has 0 saturated heterocycles. The molecule has 0 aromatic carbocycles. The van der Waals surface area contributed by atoms with Crippen molar-refractivity contribution < 1.29 is 0 Å². The normalized spacial score (nSPS) is 10.0. The maximum atomic E-state index is 4.93. The zero-order chi connectivity index (χ0) is 4.50. The molecule has 0 aliphatic rings. The van der Waals surface area contributed by atoms with E-state index >= 15 is 0 Å². The number of rotatable bonds is 0. The molecular formula is CH2Cl4S. The summed E-state index contributed by atoms with van der Waals surface area (Å²) in [5.74, 6) is 0. The lowest BCUT2D eigenvalue weighted by Crippen LogP contribution is -1.81. The molecule has 0 atom stereocenters. The van der Waals surface area contributed by atoms with E-state index in [1.807, 2.05) is 0 Å². The van der Waals surface area contributed by atoms with E-state index in [2.05, 4.69) is 12.6 Å². The van der Waals surface area contributed by atoms with Crippen molar-refractivity contribution in [2.75, 3.05) is 0 Å². The Kier molecular flexibility index (Phi) is 6.12. The molecule has 0 heterocycles. The lowest BCUT2D eigenvalue weighted by molar-refractivity contribution is 1.82. The largest absolute Gasteiger partial charge is 0.234 e. The minimum Gasteiger partial charge on any atom is -0.147 e. The summed E-state index contributed by atoms with van der Waals surface area (Å²) in [5.41, 5.74) is 0. The molecule has 0 aromatic rings. The zero-order valence-corrected chi connectivity index (χ0v) is 6.47. The van der Waals surface area contributed by atoms with E-state index in [4.69, 9.17) is 34.8 Å². The molecule has 0 N–H and O–H groups in total. The molecule has 0 unspecified atom stereocenters. The van der Waals surface area contributed by atoms with Gasteiger partial charge in [0.25, 0.3) is 0 Å². The van der Waals surface area contributed by atoms with E-state index in [9.17, 15) is 0 Å². The Balaban J connectivity index is 0. The van der Waals surface area contributed by atoms with Gasteiger partial charge < -0.3 is 0 Å². The zero-order valence-electron chi connectivity index (χ0n) is 2.49. The topological polar surface area (TPSA) is 0 Å². The SMILES string of the molecule is Cl.SC(Cl)(Cl)Cl. The van der Waals surface area contributed by atoms with Crippen LogP contribution < -0.4 is 0 Å². The van der Waals surface area contributed by atoms with Gasteiger partial charge in [0.15, 0.2) is 0 Å². The number of hydrogen-bond acceptors (Lipinski definition) is 1. The third kappa shape index (κ3) is 49.2. The predicted molar refractivity (Wildman–Crippen MR) is 36.5 cm³/mol. The van der Waals surface area contributed by atoms with E-state index in [-0.39, 0.29) is 12.4 Å². The molecule has 0 aromatic heterocycles. The highest BCUT2D eigenvalue weighted by atomic mass is 35.6. The summed E-state index contributed by atoms with van der Waals surface area (Å²) < 4.78 is -1.39. The van der Waals surface area contributed by atoms with Gasteiger partial charge in [-0.15, -0.1) is 25.0 Å². The summed E-state index contributed by atoms with van der Waals surface area (Å²) in [6.45, 7) is 0. The van der Waals surface area contributed by atoms with Crippen molar-refractivity contribution in [3.8, 4) is 0 Å². The van der Waals surface area contributed by atoms with Crippen molar-refractivity contribution in [3.05, 3.63) is 0 Å². The van der Waals surface area contributed by atoms with Gasteiger partial charge in [0.1, 0.15) is 0 Å². The summed E-state index contributed by atoms with van der Waals surface area (Å²) >= 11 is 18.2. The second-order valence-corrected chi connectivity index (χ2v) is 4.21. The van der Waals surface area contributed by atoms with E-state index in [0.717, 1.165) is 0 Å². The van der Waals surface area contributed by atoms with Crippen molar-refractivity contribution >= 4 is 59.8 Å². The van der Waals surface area contributed by atoms with Crippen LogP contribution in [0.15, 0.2) is 0 Å². The van der Waals surface area contributed by atoms with E-state index in [0.29, 0.717) is 0 Å².